The second-order valence-electron chi connectivity index (χ2n) is 4.91. The molecule has 0 bridgehead atoms. The summed E-state index contributed by atoms with van der Waals surface area (Å²) in [6, 6.07) is 6.68. The van der Waals surface area contributed by atoms with Crippen LogP contribution in [0.25, 0.3) is 0 Å². The van der Waals surface area contributed by atoms with Crippen molar-refractivity contribution in [1.82, 2.24) is 10.6 Å². The normalized spacial score (nSPS) is 13.4. The Balaban J connectivity index is 1.75. The van der Waals surface area contributed by atoms with Crippen LogP contribution in [0.3, 0.4) is 0 Å². The van der Waals surface area contributed by atoms with Crippen molar-refractivity contribution in [2.75, 3.05) is 13.1 Å². The lowest BCUT2D eigenvalue weighted by Gasteiger charge is -2.07. The van der Waals surface area contributed by atoms with Gasteiger partial charge in [-0.2, -0.15) is 0 Å². The lowest BCUT2D eigenvalue weighted by atomic mass is 10.1. The molecule has 98 valence electrons. The van der Waals surface area contributed by atoms with Crippen LogP contribution in [0.5, 0.6) is 0 Å². The van der Waals surface area contributed by atoms with Crippen LogP contribution in [-0.4, -0.2) is 19.0 Å². The largest absolute Gasteiger partial charge is 0.355 e. The number of hydrogen-bond donors (Lipinski definition) is 2. The van der Waals surface area contributed by atoms with Crippen LogP contribution in [0.15, 0.2) is 18.2 Å². The van der Waals surface area contributed by atoms with E-state index in [0.29, 0.717) is 6.54 Å². The van der Waals surface area contributed by atoms with E-state index in [4.69, 9.17) is 0 Å². The molecule has 0 unspecified atom stereocenters. The van der Waals surface area contributed by atoms with Gasteiger partial charge in [-0.25, -0.2) is 0 Å². The third-order valence-electron chi connectivity index (χ3n) is 3.35. The third-order valence-corrected chi connectivity index (χ3v) is 3.35. The van der Waals surface area contributed by atoms with Crippen molar-refractivity contribution in [3.8, 4) is 0 Å². The van der Waals surface area contributed by atoms with Crippen molar-refractivity contribution in [3.63, 3.8) is 0 Å². The SMILES string of the molecule is CCCNC(=O)CNCc1ccc2c(c1)CCC2. The minimum atomic E-state index is 0.0815. The van der Waals surface area contributed by atoms with Gasteiger partial charge in [0.2, 0.25) is 5.91 Å². The molecular formula is C15H22N2O. The molecule has 1 aliphatic carbocycles. The summed E-state index contributed by atoms with van der Waals surface area (Å²) in [5.41, 5.74) is 4.27. The zero-order valence-corrected chi connectivity index (χ0v) is 11.1. The first kappa shape index (κ1) is 13.1. The van der Waals surface area contributed by atoms with E-state index in [2.05, 4.69) is 35.8 Å². The first-order valence-corrected chi connectivity index (χ1v) is 6.87. The molecule has 1 aromatic rings. The molecule has 0 fully saturated rings. The average molecular weight is 246 g/mol. The number of carbonyl (C=O) groups is 1. The summed E-state index contributed by atoms with van der Waals surface area (Å²) in [5.74, 6) is 0.0815. The number of carbonyl (C=O) groups excluding carboxylic acids is 1. The van der Waals surface area contributed by atoms with Gasteiger partial charge in [0.05, 0.1) is 6.54 Å². The van der Waals surface area contributed by atoms with Crippen LogP contribution in [0.4, 0.5) is 0 Å². The Hall–Kier alpha value is -1.35. The lowest BCUT2D eigenvalue weighted by molar-refractivity contribution is -0.120. The van der Waals surface area contributed by atoms with Gasteiger partial charge >= 0.3 is 0 Å². The molecular weight excluding hydrogens is 224 g/mol. The summed E-state index contributed by atoms with van der Waals surface area (Å²) in [5, 5.41) is 6.05. The van der Waals surface area contributed by atoms with Crippen LogP contribution in [0, 0.1) is 0 Å². The maximum atomic E-state index is 11.4. The number of fused-ring (bicyclic) bond motifs is 1. The molecule has 0 saturated heterocycles. The van der Waals surface area contributed by atoms with Crippen molar-refractivity contribution >= 4 is 5.91 Å². The quantitative estimate of drug-likeness (QED) is 0.803. The van der Waals surface area contributed by atoms with E-state index in [0.717, 1.165) is 19.5 Å². The van der Waals surface area contributed by atoms with Crippen LogP contribution in [0.1, 0.15) is 36.5 Å². The number of nitrogens with one attached hydrogen (secondary N) is 2. The van der Waals surface area contributed by atoms with E-state index in [1.807, 2.05) is 0 Å². The van der Waals surface area contributed by atoms with Crippen molar-refractivity contribution in [2.24, 2.45) is 0 Å². The molecule has 3 nitrogen and oxygen atoms in total. The topological polar surface area (TPSA) is 41.1 Å². The minimum absolute atomic E-state index is 0.0815. The summed E-state index contributed by atoms with van der Waals surface area (Å²) in [7, 11) is 0. The highest BCUT2D eigenvalue weighted by Crippen LogP contribution is 2.22. The third kappa shape index (κ3) is 3.57. The molecule has 0 saturated carbocycles. The molecule has 1 aliphatic rings. The standard InChI is InChI=1S/C15H22N2O/c1-2-8-17-15(18)11-16-10-12-6-7-13-4-3-5-14(13)9-12/h6-7,9,16H,2-5,8,10-11H2,1H3,(H,17,18). The van der Waals surface area contributed by atoms with Gasteiger partial charge in [-0.3, -0.25) is 4.79 Å². The molecule has 0 aromatic heterocycles. The molecule has 0 atom stereocenters. The summed E-state index contributed by atoms with van der Waals surface area (Å²) < 4.78 is 0. The molecule has 0 aliphatic heterocycles. The molecule has 2 rings (SSSR count). The molecule has 0 radical (unpaired) electrons. The molecule has 1 amide bonds. The van der Waals surface area contributed by atoms with Crippen LogP contribution in [0.2, 0.25) is 0 Å². The summed E-state index contributed by atoms with van der Waals surface area (Å²) in [6.45, 7) is 3.99. The molecule has 0 spiro atoms. The monoisotopic (exact) mass is 246 g/mol. The van der Waals surface area contributed by atoms with E-state index in [1.165, 1.54) is 36.0 Å². The molecule has 0 heterocycles. The van der Waals surface area contributed by atoms with Crippen molar-refractivity contribution in [3.05, 3.63) is 34.9 Å². The highest BCUT2D eigenvalue weighted by Gasteiger charge is 2.10. The van der Waals surface area contributed by atoms with Crippen LogP contribution < -0.4 is 10.6 Å². The van der Waals surface area contributed by atoms with Crippen molar-refractivity contribution < 1.29 is 4.79 Å². The average Bonchev–Trinajstić information content (AvgIpc) is 2.83. The van der Waals surface area contributed by atoms with Crippen molar-refractivity contribution in [2.45, 2.75) is 39.2 Å². The fraction of sp³-hybridized carbons (Fsp3) is 0.533. The van der Waals surface area contributed by atoms with Crippen molar-refractivity contribution in [1.29, 1.82) is 0 Å². The number of amides is 1. The van der Waals surface area contributed by atoms with Gasteiger partial charge < -0.3 is 10.6 Å². The number of aryl methyl sites for hydroxylation is 2. The minimum Gasteiger partial charge on any atom is -0.355 e. The molecule has 3 heteroatoms. The molecule has 18 heavy (non-hydrogen) atoms. The van der Waals surface area contributed by atoms with E-state index in [1.54, 1.807) is 0 Å². The number of rotatable bonds is 6. The summed E-state index contributed by atoms with van der Waals surface area (Å²) in [6.07, 6.45) is 4.70. The van der Waals surface area contributed by atoms with Gasteiger partial charge in [-0.05, 0) is 42.4 Å². The van der Waals surface area contributed by atoms with Crippen LogP contribution >= 0.6 is 0 Å². The van der Waals surface area contributed by atoms with E-state index in [-0.39, 0.29) is 5.91 Å². The maximum Gasteiger partial charge on any atom is 0.233 e. The predicted molar refractivity (Wildman–Crippen MR) is 73.5 cm³/mol. The molecule has 1 aromatic carbocycles. The van der Waals surface area contributed by atoms with E-state index < -0.39 is 0 Å². The Bertz CT molecular complexity index is 415. The predicted octanol–water partition coefficient (Wildman–Crippen LogP) is 1.79. The zero-order chi connectivity index (χ0) is 12.8. The summed E-state index contributed by atoms with van der Waals surface area (Å²) in [4.78, 5) is 11.4. The van der Waals surface area contributed by atoms with Gasteiger partial charge in [0, 0.05) is 13.1 Å². The Morgan fingerprint density at radius 3 is 2.94 bits per heavy atom. The highest BCUT2D eigenvalue weighted by atomic mass is 16.1. The van der Waals surface area contributed by atoms with Crippen LogP contribution in [-0.2, 0) is 24.2 Å². The summed E-state index contributed by atoms with van der Waals surface area (Å²) >= 11 is 0. The second-order valence-corrected chi connectivity index (χ2v) is 4.91. The number of hydrogen-bond acceptors (Lipinski definition) is 2. The Labute approximate surface area is 109 Å². The zero-order valence-electron chi connectivity index (χ0n) is 11.1. The lowest BCUT2D eigenvalue weighted by Crippen LogP contribution is -2.33. The van der Waals surface area contributed by atoms with Gasteiger partial charge in [0.25, 0.3) is 0 Å². The van der Waals surface area contributed by atoms with E-state index in [9.17, 15) is 4.79 Å². The Morgan fingerprint density at radius 1 is 1.28 bits per heavy atom. The maximum absolute atomic E-state index is 11.4. The Kier molecular flexibility index (Phi) is 4.76. The fourth-order valence-corrected chi connectivity index (χ4v) is 2.38. The Morgan fingerprint density at radius 2 is 2.11 bits per heavy atom. The van der Waals surface area contributed by atoms with E-state index >= 15 is 0 Å². The molecule has 2 N–H and O–H groups in total. The van der Waals surface area contributed by atoms with Gasteiger partial charge in [-0.1, -0.05) is 25.1 Å². The van der Waals surface area contributed by atoms with Gasteiger partial charge in [-0.15, -0.1) is 0 Å². The first-order chi connectivity index (χ1) is 8.79. The van der Waals surface area contributed by atoms with Gasteiger partial charge in [0.15, 0.2) is 0 Å². The van der Waals surface area contributed by atoms with Gasteiger partial charge in [0.1, 0.15) is 0 Å². The first-order valence-electron chi connectivity index (χ1n) is 6.87. The number of benzene rings is 1. The second kappa shape index (κ2) is 6.55. The smallest absolute Gasteiger partial charge is 0.233 e. The highest BCUT2D eigenvalue weighted by molar-refractivity contribution is 5.77. The fourth-order valence-electron chi connectivity index (χ4n) is 2.38.